The largest absolute Gasteiger partial charge is 0.265 e. The zero-order valence-corrected chi connectivity index (χ0v) is 10.6. The van der Waals surface area contributed by atoms with E-state index in [-0.39, 0.29) is 0 Å². The number of benzene rings is 1. The van der Waals surface area contributed by atoms with Crippen molar-refractivity contribution in [2.45, 2.75) is 34.2 Å². The molecule has 0 N–H and O–H groups in total. The van der Waals surface area contributed by atoms with E-state index in [2.05, 4.69) is 42.4 Å². The number of hydrogen-bond donors (Lipinski definition) is 0. The summed E-state index contributed by atoms with van der Waals surface area (Å²) in [4.78, 5) is 0. The molecule has 1 aromatic heterocycles. The molecule has 0 unspecified atom stereocenters. The molecule has 0 atom stereocenters. The molecule has 1 aromatic carbocycles. The van der Waals surface area contributed by atoms with Crippen molar-refractivity contribution < 1.29 is 0 Å². The van der Waals surface area contributed by atoms with Crippen LogP contribution in [0.15, 0.2) is 36.4 Å². The SMILES string of the molecule is CC.Cc1cc(C)n(Cc2ccccc2)n1. The van der Waals surface area contributed by atoms with Gasteiger partial charge in [0, 0.05) is 5.69 Å². The highest BCUT2D eigenvalue weighted by Crippen LogP contribution is 2.06. The number of nitrogens with zero attached hydrogens (tertiary/aromatic N) is 2. The minimum absolute atomic E-state index is 0.862. The molecular formula is C14H20N2. The minimum atomic E-state index is 0.862. The highest BCUT2D eigenvalue weighted by Gasteiger charge is 2.00. The lowest BCUT2D eigenvalue weighted by atomic mass is 10.2. The lowest BCUT2D eigenvalue weighted by molar-refractivity contribution is 0.659. The Hall–Kier alpha value is -1.57. The molecule has 0 aliphatic heterocycles. The Balaban J connectivity index is 0.000000606. The molecule has 0 aliphatic carbocycles. The van der Waals surface area contributed by atoms with Crippen LogP contribution in [0.25, 0.3) is 0 Å². The second-order valence-electron chi connectivity index (χ2n) is 3.57. The van der Waals surface area contributed by atoms with Gasteiger partial charge < -0.3 is 0 Å². The molecule has 2 nitrogen and oxygen atoms in total. The van der Waals surface area contributed by atoms with Gasteiger partial charge in [0.15, 0.2) is 0 Å². The lowest BCUT2D eigenvalue weighted by Crippen LogP contribution is -2.03. The Morgan fingerprint density at radius 3 is 2.19 bits per heavy atom. The Labute approximate surface area is 97.9 Å². The van der Waals surface area contributed by atoms with Crippen molar-refractivity contribution in [2.75, 3.05) is 0 Å². The summed E-state index contributed by atoms with van der Waals surface area (Å²) in [6, 6.07) is 12.5. The van der Waals surface area contributed by atoms with Crippen LogP contribution in [-0.2, 0) is 6.54 Å². The van der Waals surface area contributed by atoms with Crippen LogP contribution in [-0.4, -0.2) is 9.78 Å². The van der Waals surface area contributed by atoms with Gasteiger partial charge in [-0.15, -0.1) is 0 Å². The van der Waals surface area contributed by atoms with Gasteiger partial charge in [-0.05, 0) is 25.5 Å². The summed E-state index contributed by atoms with van der Waals surface area (Å²) in [6.45, 7) is 8.97. The van der Waals surface area contributed by atoms with Crippen LogP contribution < -0.4 is 0 Å². The maximum Gasteiger partial charge on any atom is 0.0662 e. The van der Waals surface area contributed by atoms with Crippen molar-refractivity contribution in [1.82, 2.24) is 9.78 Å². The first-order chi connectivity index (χ1) is 7.75. The van der Waals surface area contributed by atoms with E-state index in [9.17, 15) is 0 Å². The van der Waals surface area contributed by atoms with Gasteiger partial charge in [-0.1, -0.05) is 44.2 Å². The van der Waals surface area contributed by atoms with Crippen LogP contribution in [0.4, 0.5) is 0 Å². The molecule has 0 amide bonds. The van der Waals surface area contributed by atoms with Crippen molar-refractivity contribution in [3.63, 3.8) is 0 Å². The van der Waals surface area contributed by atoms with Gasteiger partial charge in [0.2, 0.25) is 0 Å². The second-order valence-corrected chi connectivity index (χ2v) is 3.57. The fourth-order valence-corrected chi connectivity index (χ4v) is 1.59. The maximum absolute atomic E-state index is 4.42. The first-order valence-corrected chi connectivity index (χ1v) is 5.81. The van der Waals surface area contributed by atoms with E-state index in [4.69, 9.17) is 0 Å². The van der Waals surface area contributed by atoms with Crippen LogP contribution >= 0.6 is 0 Å². The minimum Gasteiger partial charge on any atom is -0.265 e. The smallest absolute Gasteiger partial charge is 0.0662 e. The predicted molar refractivity (Wildman–Crippen MR) is 68.6 cm³/mol. The highest BCUT2D eigenvalue weighted by molar-refractivity contribution is 5.16. The molecule has 2 rings (SSSR count). The van der Waals surface area contributed by atoms with Gasteiger partial charge in [0.05, 0.1) is 12.2 Å². The molecule has 0 spiro atoms. The van der Waals surface area contributed by atoms with Crippen molar-refractivity contribution in [3.8, 4) is 0 Å². The third kappa shape index (κ3) is 3.23. The van der Waals surface area contributed by atoms with Crippen molar-refractivity contribution >= 4 is 0 Å². The topological polar surface area (TPSA) is 17.8 Å². The van der Waals surface area contributed by atoms with Gasteiger partial charge in [-0.2, -0.15) is 5.10 Å². The van der Waals surface area contributed by atoms with Gasteiger partial charge in [0.1, 0.15) is 0 Å². The standard InChI is InChI=1S/C12H14N2.C2H6/c1-10-8-11(2)14(13-10)9-12-6-4-3-5-7-12;1-2/h3-8H,9H2,1-2H3;1-2H3. The quantitative estimate of drug-likeness (QED) is 0.750. The van der Waals surface area contributed by atoms with Gasteiger partial charge in [-0.3, -0.25) is 4.68 Å². The number of hydrogen-bond acceptors (Lipinski definition) is 1. The molecule has 2 aromatic rings. The molecule has 0 radical (unpaired) electrons. The second kappa shape index (κ2) is 6.11. The molecule has 0 saturated carbocycles. The average Bonchev–Trinajstić information content (AvgIpc) is 2.62. The molecule has 0 bridgehead atoms. The molecule has 1 heterocycles. The van der Waals surface area contributed by atoms with Gasteiger partial charge in [-0.25, -0.2) is 0 Å². The summed E-state index contributed by atoms with van der Waals surface area (Å²) >= 11 is 0. The molecule has 16 heavy (non-hydrogen) atoms. The van der Waals surface area contributed by atoms with Crippen LogP contribution in [0.2, 0.25) is 0 Å². The fourth-order valence-electron chi connectivity index (χ4n) is 1.59. The summed E-state index contributed by atoms with van der Waals surface area (Å²) in [5.41, 5.74) is 3.59. The normalized spacial score (nSPS) is 9.50. The maximum atomic E-state index is 4.42. The summed E-state index contributed by atoms with van der Waals surface area (Å²) in [6.07, 6.45) is 0. The third-order valence-electron chi connectivity index (χ3n) is 2.28. The van der Waals surface area contributed by atoms with E-state index in [0.29, 0.717) is 0 Å². The van der Waals surface area contributed by atoms with E-state index in [0.717, 1.165) is 12.2 Å². The van der Waals surface area contributed by atoms with Crippen LogP contribution in [0, 0.1) is 13.8 Å². The fraction of sp³-hybridized carbons (Fsp3) is 0.357. The van der Waals surface area contributed by atoms with Crippen LogP contribution in [0.1, 0.15) is 30.8 Å². The monoisotopic (exact) mass is 216 g/mol. The number of aromatic nitrogens is 2. The van der Waals surface area contributed by atoms with E-state index >= 15 is 0 Å². The summed E-state index contributed by atoms with van der Waals surface area (Å²) in [5.74, 6) is 0. The zero-order valence-electron chi connectivity index (χ0n) is 10.6. The molecule has 0 fully saturated rings. The van der Waals surface area contributed by atoms with Crippen LogP contribution in [0.3, 0.4) is 0 Å². The van der Waals surface area contributed by atoms with Crippen LogP contribution in [0.5, 0.6) is 0 Å². The molecule has 86 valence electrons. The first kappa shape index (κ1) is 12.5. The van der Waals surface area contributed by atoms with Crippen molar-refractivity contribution in [2.24, 2.45) is 0 Å². The Morgan fingerprint density at radius 2 is 1.69 bits per heavy atom. The van der Waals surface area contributed by atoms with E-state index in [1.165, 1.54) is 11.3 Å². The van der Waals surface area contributed by atoms with E-state index in [1.807, 2.05) is 31.5 Å². The van der Waals surface area contributed by atoms with Crippen molar-refractivity contribution in [1.29, 1.82) is 0 Å². The van der Waals surface area contributed by atoms with Crippen molar-refractivity contribution in [3.05, 3.63) is 53.3 Å². The summed E-state index contributed by atoms with van der Waals surface area (Å²) in [7, 11) is 0. The molecule has 0 saturated heterocycles. The highest BCUT2D eigenvalue weighted by atomic mass is 15.3. The Morgan fingerprint density at radius 1 is 1.06 bits per heavy atom. The zero-order chi connectivity index (χ0) is 12.0. The first-order valence-electron chi connectivity index (χ1n) is 5.81. The van der Waals surface area contributed by atoms with E-state index in [1.54, 1.807) is 0 Å². The lowest BCUT2D eigenvalue weighted by Gasteiger charge is -2.03. The molecule has 2 heteroatoms. The Bertz CT molecular complexity index is 416. The van der Waals surface area contributed by atoms with Gasteiger partial charge in [0.25, 0.3) is 0 Å². The molecular weight excluding hydrogens is 196 g/mol. The van der Waals surface area contributed by atoms with E-state index < -0.39 is 0 Å². The number of rotatable bonds is 2. The van der Waals surface area contributed by atoms with Gasteiger partial charge >= 0.3 is 0 Å². The predicted octanol–water partition coefficient (Wildman–Crippen LogP) is 3.57. The summed E-state index contributed by atoms with van der Waals surface area (Å²) in [5, 5.41) is 4.42. The number of aryl methyl sites for hydroxylation is 2. The third-order valence-corrected chi connectivity index (χ3v) is 2.28. The Kier molecular flexibility index (Phi) is 4.77. The molecule has 0 aliphatic rings. The summed E-state index contributed by atoms with van der Waals surface area (Å²) < 4.78 is 2.03. The average molecular weight is 216 g/mol.